The van der Waals surface area contributed by atoms with Crippen LogP contribution in [0.2, 0.25) is 0 Å². The maximum Gasteiger partial charge on any atom is 0.135 e. The Kier molecular flexibility index (Phi) is 3.24. The topological polar surface area (TPSA) is 26.0 Å². The lowest BCUT2D eigenvalue weighted by Crippen LogP contribution is -2.14. The van der Waals surface area contributed by atoms with Crippen LogP contribution in [0.4, 0.5) is 8.78 Å². The van der Waals surface area contributed by atoms with Gasteiger partial charge in [-0.2, -0.15) is 0 Å². The molecule has 18 heavy (non-hydrogen) atoms. The van der Waals surface area contributed by atoms with Crippen LogP contribution in [0.15, 0.2) is 29.9 Å². The zero-order valence-electron chi connectivity index (χ0n) is 10.8. The van der Waals surface area contributed by atoms with Gasteiger partial charge in [0.15, 0.2) is 0 Å². The van der Waals surface area contributed by atoms with Gasteiger partial charge in [-0.1, -0.05) is 25.5 Å². The van der Waals surface area contributed by atoms with Gasteiger partial charge in [-0.25, -0.2) is 8.78 Å². The number of halogens is 2. The Balaban J connectivity index is 2.74. The average Bonchev–Trinajstić information content (AvgIpc) is 2.25. The molecule has 2 atom stereocenters. The molecule has 1 nitrogen and oxygen atoms in total. The molecule has 0 saturated heterocycles. The molecule has 0 amide bonds. The predicted molar refractivity (Wildman–Crippen MR) is 69.9 cm³/mol. The molecule has 1 aromatic rings. The van der Waals surface area contributed by atoms with Crippen LogP contribution in [0.1, 0.15) is 37.8 Å². The van der Waals surface area contributed by atoms with Crippen molar-refractivity contribution < 1.29 is 8.78 Å². The van der Waals surface area contributed by atoms with Crippen LogP contribution in [0.3, 0.4) is 0 Å². The summed E-state index contributed by atoms with van der Waals surface area (Å²) < 4.78 is 27.3. The molecule has 0 bridgehead atoms. The van der Waals surface area contributed by atoms with E-state index in [1.807, 2.05) is 20.8 Å². The summed E-state index contributed by atoms with van der Waals surface area (Å²) in [5, 5.41) is 0. The van der Waals surface area contributed by atoms with Gasteiger partial charge in [0.25, 0.3) is 0 Å². The Morgan fingerprint density at radius 3 is 2.50 bits per heavy atom. The number of nitrogens with two attached hydrogens (primary N) is 1. The standard InChI is InChI=1S/C15H17F2N/c1-8-4-9(2)10(3)12-6-11(16)7-13(17)15(12)14(18)5-8/h4-7,9-10H,18H2,1-3H3/b8-4-,14-5-. The molecule has 96 valence electrons. The highest BCUT2D eigenvalue weighted by Crippen LogP contribution is 2.35. The second-order valence-electron chi connectivity index (χ2n) is 5.01. The van der Waals surface area contributed by atoms with Crippen molar-refractivity contribution in [1.29, 1.82) is 0 Å². The summed E-state index contributed by atoms with van der Waals surface area (Å²) in [5.41, 5.74) is 8.25. The summed E-state index contributed by atoms with van der Waals surface area (Å²) in [4.78, 5) is 0. The molecule has 0 fully saturated rings. The Bertz CT molecular complexity index is 544. The van der Waals surface area contributed by atoms with Gasteiger partial charge in [-0.15, -0.1) is 0 Å². The van der Waals surface area contributed by atoms with Gasteiger partial charge >= 0.3 is 0 Å². The van der Waals surface area contributed by atoms with E-state index in [1.54, 1.807) is 6.08 Å². The summed E-state index contributed by atoms with van der Waals surface area (Å²) in [6.07, 6.45) is 3.81. The zero-order valence-corrected chi connectivity index (χ0v) is 10.8. The van der Waals surface area contributed by atoms with Crippen LogP contribution >= 0.6 is 0 Å². The van der Waals surface area contributed by atoms with Gasteiger partial charge in [-0.05, 0) is 36.5 Å². The normalized spacial score (nSPS) is 29.4. The number of hydrogen-bond acceptors (Lipinski definition) is 1. The lowest BCUT2D eigenvalue weighted by Gasteiger charge is -2.24. The Morgan fingerprint density at radius 2 is 1.83 bits per heavy atom. The van der Waals surface area contributed by atoms with E-state index >= 15 is 0 Å². The molecule has 0 radical (unpaired) electrons. The van der Waals surface area contributed by atoms with Gasteiger partial charge in [0, 0.05) is 17.3 Å². The van der Waals surface area contributed by atoms with Crippen molar-refractivity contribution in [3.05, 3.63) is 52.6 Å². The highest BCUT2D eigenvalue weighted by Gasteiger charge is 2.23. The molecular formula is C15H17F2N. The summed E-state index contributed by atoms with van der Waals surface area (Å²) in [6, 6.07) is 2.27. The molecule has 2 N–H and O–H groups in total. The fourth-order valence-electron chi connectivity index (χ4n) is 2.46. The van der Waals surface area contributed by atoms with Gasteiger partial charge in [-0.3, -0.25) is 0 Å². The van der Waals surface area contributed by atoms with E-state index in [0.717, 1.165) is 11.6 Å². The summed E-state index contributed by atoms with van der Waals surface area (Å²) >= 11 is 0. The van der Waals surface area contributed by atoms with Crippen molar-refractivity contribution in [2.24, 2.45) is 11.7 Å². The first kappa shape index (κ1) is 12.8. The molecule has 3 heteroatoms. The Labute approximate surface area is 106 Å². The Hall–Kier alpha value is -1.64. The largest absolute Gasteiger partial charge is 0.398 e. The van der Waals surface area contributed by atoms with Crippen molar-refractivity contribution in [2.45, 2.75) is 26.7 Å². The second kappa shape index (κ2) is 4.56. The molecule has 0 aromatic heterocycles. The summed E-state index contributed by atoms with van der Waals surface area (Å²) in [6.45, 7) is 5.93. The number of benzene rings is 1. The smallest absolute Gasteiger partial charge is 0.135 e. The van der Waals surface area contributed by atoms with Crippen molar-refractivity contribution in [2.75, 3.05) is 0 Å². The number of allylic oxidation sites excluding steroid dienone is 3. The highest BCUT2D eigenvalue weighted by molar-refractivity contribution is 5.69. The minimum Gasteiger partial charge on any atom is -0.398 e. The quantitative estimate of drug-likeness (QED) is 0.740. The molecular weight excluding hydrogens is 232 g/mol. The third-order valence-electron chi connectivity index (χ3n) is 3.56. The lowest BCUT2D eigenvalue weighted by atomic mass is 9.82. The highest BCUT2D eigenvalue weighted by atomic mass is 19.1. The third kappa shape index (κ3) is 2.17. The fraction of sp³-hybridized carbons (Fsp3) is 0.333. The minimum absolute atomic E-state index is 0.0207. The summed E-state index contributed by atoms with van der Waals surface area (Å²) in [5.74, 6) is -0.923. The molecule has 0 spiro atoms. The van der Waals surface area contributed by atoms with Crippen LogP contribution in [0.25, 0.3) is 5.70 Å². The van der Waals surface area contributed by atoms with Crippen molar-refractivity contribution in [3.63, 3.8) is 0 Å². The van der Waals surface area contributed by atoms with Crippen molar-refractivity contribution in [3.8, 4) is 0 Å². The van der Waals surface area contributed by atoms with E-state index in [4.69, 9.17) is 5.73 Å². The first-order chi connectivity index (χ1) is 8.40. The molecule has 1 aliphatic carbocycles. The van der Waals surface area contributed by atoms with Gasteiger partial charge in [0.1, 0.15) is 11.6 Å². The van der Waals surface area contributed by atoms with E-state index in [-0.39, 0.29) is 11.8 Å². The minimum atomic E-state index is -0.590. The molecule has 0 aliphatic heterocycles. The zero-order chi connectivity index (χ0) is 13.4. The van der Waals surface area contributed by atoms with Crippen molar-refractivity contribution >= 4 is 5.70 Å². The molecule has 1 aromatic carbocycles. The predicted octanol–water partition coefficient (Wildman–Crippen LogP) is 3.96. The monoisotopic (exact) mass is 249 g/mol. The average molecular weight is 249 g/mol. The first-order valence-electron chi connectivity index (χ1n) is 6.05. The van der Waals surface area contributed by atoms with Gasteiger partial charge < -0.3 is 5.73 Å². The number of hydrogen-bond donors (Lipinski definition) is 1. The second-order valence-corrected chi connectivity index (χ2v) is 5.01. The van der Waals surface area contributed by atoms with E-state index < -0.39 is 11.6 Å². The SMILES string of the molecule is CC1=C/C(C)C(C)c2cc(F)cc(F)c2\C(N)=C\1. The Morgan fingerprint density at radius 1 is 1.17 bits per heavy atom. The van der Waals surface area contributed by atoms with E-state index in [1.165, 1.54) is 6.07 Å². The van der Waals surface area contributed by atoms with Crippen LogP contribution in [-0.4, -0.2) is 0 Å². The molecule has 0 saturated carbocycles. The maximum absolute atomic E-state index is 13.9. The molecule has 2 rings (SSSR count). The maximum atomic E-state index is 13.9. The van der Waals surface area contributed by atoms with E-state index in [9.17, 15) is 8.78 Å². The third-order valence-corrected chi connectivity index (χ3v) is 3.56. The summed E-state index contributed by atoms with van der Waals surface area (Å²) in [7, 11) is 0. The van der Waals surface area contributed by atoms with Crippen LogP contribution in [-0.2, 0) is 0 Å². The fourth-order valence-corrected chi connectivity index (χ4v) is 2.46. The molecule has 2 unspecified atom stereocenters. The lowest BCUT2D eigenvalue weighted by molar-refractivity contribution is 0.547. The molecule has 0 heterocycles. The molecule has 1 aliphatic rings. The van der Waals surface area contributed by atoms with Crippen LogP contribution in [0, 0.1) is 17.6 Å². The number of fused-ring (bicyclic) bond motifs is 1. The van der Waals surface area contributed by atoms with Crippen LogP contribution in [0.5, 0.6) is 0 Å². The van der Waals surface area contributed by atoms with Gasteiger partial charge in [0.05, 0.1) is 0 Å². The first-order valence-corrected chi connectivity index (χ1v) is 6.05. The number of rotatable bonds is 0. The van der Waals surface area contributed by atoms with Gasteiger partial charge in [0.2, 0.25) is 0 Å². The van der Waals surface area contributed by atoms with E-state index in [0.29, 0.717) is 16.8 Å². The van der Waals surface area contributed by atoms with E-state index in [2.05, 4.69) is 6.08 Å². The van der Waals surface area contributed by atoms with Crippen LogP contribution < -0.4 is 5.73 Å². The van der Waals surface area contributed by atoms with Crippen molar-refractivity contribution in [1.82, 2.24) is 0 Å².